The molecule has 0 bridgehead atoms. The van der Waals surface area contributed by atoms with E-state index in [1.165, 1.54) is 19.2 Å². The number of halogens is 1. The van der Waals surface area contributed by atoms with Gasteiger partial charge in [0, 0.05) is 33.5 Å². The third-order valence-corrected chi connectivity index (χ3v) is 3.82. The lowest BCUT2D eigenvalue weighted by Crippen LogP contribution is -1.96. The fourth-order valence-electron chi connectivity index (χ4n) is 2.30. The fourth-order valence-corrected chi connectivity index (χ4v) is 2.70. The summed E-state index contributed by atoms with van der Waals surface area (Å²) in [5.74, 6) is 0.368. The summed E-state index contributed by atoms with van der Waals surface area (Å²) >= 11 is 3.42. The number of ether oxygens (including phenoxy) is 1. The van der Waals surface area contributed by atoms with Crippen LogP contribution in [0.4, 0.5) is 17.1 Å². The Labute approximate surface area is 140 Å². The molecular weight excluding hydrogens is 362 g/mol. The van der Waals surface area contributed by atoms with E-state index in [1.807, 2.05) is 24.3 Å². The van der Waals surface area contributed by atoms with E-state index in [-0.39, 0.29) is 5.69 Å². The highest BCUT2D eigenvalue weighted by Crippen LogP contribution is 2.34. The van der Waals surface area contributed by atoms with Crippen molar-refractivity contribution < 1.29 is 9.66 Å². The van der Waals surface area contributed by atoms with E-state index in [1.54, 1.807) is 12.3 Å². The number of hydrogen-bond donors (Lipinski definition) is 1. The van der Waals surface area contributed by atoms with Gasteiger partial charge in [0.25, 0.3) is 5.69 Å². The van der Waals surface area contributed by atoms with Crippen LogP contribution in [0.1, 0.15) is 0 Å². The number of fused-ring (bicyclic) bond motifs is 1. The molecule has 0 fully saturated rings. The van der Waals surface area contributed by atoms with Crippen molar-refractivity contribution in [3.63, 3.8) is 0 Å². The minimum atomic E-state index is -0.447. The minimum Gasteiger partial charge on any atom is -0.494 e. The van der Waals surface area contributed by atoms with E-state index in [0.717, 1.165) is 15.8 Å². The van der Waals surface area contributed by atoms with E-state index >= 15 is 0 Å². The number of nitrogens with zero attached hydrogens (tertiary/aromatic N) is 2. The molecule has 1 heterocycles. The summed E-state index contributed by atoms with van der Waals surface area (Å²) in [5, 5.41) is 15.0. The van der Waals surface area contributed by atoms with Gasteiger partial charge in [-0.2, -0.15) is 0 Å². The summed E-state index contributed by atoms with van der Waals surface area (Å²) in [6.45, 7) is 0. The number of nitro groups is 1. The Morgan fingerprint density at radius 3 is 2.78 bits per heavy atom. The number of nitrogens with one attached hydrogen (secondary N) is 1. The molecule has 116 valence electrons. The van der Waals surface area contributed by atoms with Gasteiger partial charge in [-0.15, -0.1) is 0 Å². The molecule has 0 saturated carbocycles. The highest BCUT2D eigenvalue weighted by atomic mass is 79.9. The summed E-state index contributed by atoms with van der Waals surface area (Å²) in [4.78, 5) is 15.0. The Morgan fingerprint density at radius 2 is 2.09 bits per heavy atom. The van der Waals surface area contributed by atoms with Gasteiger partial charge < -0.3 is 10.1 Å². The second-order valence-corrected chi connectivity index (χ2v) is 5.71. The molecular formula is C16H12BrN3O3. The lowest BCUT2D eigenvalue weighted by molar-refractivity contribution is -0.384. The number of aromatic nitrogens is 1. The highest BCUT2D eigenvalue weighted by molar-refractivity contribution is 9.10. The highest BCUT2D eigenvalue weighted by Gasteiger charge is 2.15. The van der Waals surface area contributed by atoms with Gasteiger partial charge in [-0.25, -0.2) is 0 Å². The quantitative estimate of drug-likeness (QED) is 0.531. The maximum atomic E-state index is 11.1. The molecule has 1 N–H and O–H groups in total. The zero-order valence-electron chi connectivity index (χ0n) is 12.1. The first-order valence-corrected chi connectivity index (χ1v) is 7.51. The van der Waals surface area contributed by atoms with Crippen LogP contribution < -0.4 is 10.1 Å². The van der Waals surface area contributed by atoms with Gasteiger partial charge in [0.2, 0.25) is 0 Å². The lowest BCUT2D eigenvalue weighted by atomic mass is 10.1. The summed E-state index contributed by atoms with van der Waals surface area (Å²) in [7, 11) is 1.47. The molecule has 0 saturated heterocycles. The van der Waals surface area contributed by atoms with Gasteiger partial charge in [0.1, 0.15) is 5.52 Å². The molecule has 0 amide bonds. The van der Waals surface area contributed by atoms with Crippen LogP contribution in [0.25, 0.3) is 10.9 Å². The third kappa shape index (κ3) is 3.09. The van der Waals surface area contributed by atoms with Crippen molar-refractivity contribution in [2.24, 2.45) is 0 Å². The monoisotopic (exact) mass is 373 g/mol. The first-order chi connectivity index (χ1) is 11.1. The standard InChI is InChI=1S/C16H12BrN3O3/c1-23-15-9-12(20(21)22)8-13-14(5-6-18-16(13)15)19-11-4-2-3-10(17)7-11/h2-9H,1H3,(H,18,19). The number of nitro benzene ring substituents is 1. The van der Waals surface area contributed by atoms with Crippen LogP contribution in [0.15, 0.2) is 53.1 Å². The fraction of sp³-hybridized carbons (Fsp3) is 0.0625. The van der Waals surface area contributed by atoms with Gasteiger partial charge in [-0.3, -0.25) is 15.1 Å². The van der Waals surface area contributed by atoms with Crippen LogP contribution in [-0.4, -0.2) is 17.0 Å². The smallest absolute Gasteiger partial charge is 0.273 e. The van der Waals surface area contributed by atoms with Crippen molar-refractivity contribution in [2.75, 3.05) is 12.4 Å². The van der Waals surface area contributed by atoms with Crippen molar-refractivity contribution in [1.82, 2.24) is 4.98 Å². The van der Waals surface area contributed by atoms with Gasteiger partial charge in [0.15, 0.2) is 5.75 Å². The Kier molecular flexibility index (Phi) is 4.12. The molecule has 23 heavy (non-hydrogen) atoms. The van der Waals surface area contributed by atoms with Gasteiger partial charge >= 0.3 is 0 Å². The first kappa shape index (κ1) is 15.2. The van der Waals surface area contributed by atoms with Crippen molar-refractivity contribution in [3.8, 4) is 5.75 Å². The largest absolute Gasteiger partial charge is 0.494 e. The van der Waals surface area contributed by atoms with E-state index in [9.17, 15) is 10.1 Å². The van der Waals surface area contributed by atoms with Crippen LogP contribution in [-0.2, 0) is 0 Å². The first-order valence-electron chi connectivity index (χ1n) is 6.72. The molecule has 0 aliphatic carbocycles. The molecule has 6 nitrogen and oxygen atoms in total. The van der Waals surface area contributed by atoms with Crippen molar-refractivity contribution in [1.29, 1.82) is 0 Å². The van der Waals surface area contributed by atoms with E-state index in [4.69, 9.17) is 4.74 Å². The molecule has 2 aromatic carbocycles. The maximum absolute atomic E-state index is 11.1. The molecule has 1 aromatic heterocycles. The van der Waals surface area contributed by atoms with E-state index < -0.39 is 4.92 Å². The topological polar surface area (TPSA) is 77.3 Å². The molecule has 7 heteroatoms. The number of methoxy groups -OCH3 is 1. The summed E-state index contributed by atoms with van der Waals surface area (Å²) < 4.78 is 6.18. The second kappa shape index (κ2) is 6.21. The summed E-state index contributed by atoms with van der Waals surface area (Å²) in [6, 6.07) is 12.3. The second-order valence-electron chi connectivity index (χ2n) is 4.80. The van der Waals surface area contributed by atoms with Crippen molar-refractivity contribution in [2.45, 2.75) is 0 Å². The van der Waals surface area contributed by atoms with Gasteiger partial charge in [-0.05, 0) is 24.3 Å². The van der Waals surface area contributed by atoms with Crippen LogP contribution in [0.2, 0.25) is 0 Å². The van der Waals surface area contributed by atoms with Gasteiger partial charge in [0.05, 0.1) is 18.1 Å². The summed E-state index contributed by atoms with van der Waals surface area (Å²) in [6.07, 6.45) is 1.64. The van der Waals surface area contributed by atoms with Crippen molar-refractivity contribution >= 4 is 43.9 Å². The van der Waals surface area contributed by atoms with Crippen LogP contribution in [0, 0.1) is 10.1 Å². The molecule has 0 aliphatic heterocycles. The number of hydrogen-bond acceptors (Lipinski definition) is 5. The Hall–Kier alpha value is -2.67. The molecule has 0 radical (unpaired) electrons. The molecule has 0 unspecified atom stereocenters. The molecule has 3 aromatic rings. The number of benzene rings is 2. The average Bonchev–Trinajstić information content (AvgIpc) is 2.54. The van der Waals surface area contributed by atoms with Crippen LogP contribution in [0.5, 0.6) is 5.75 Å². The summed E-state index contributed by atoms with van der Waals surface area (Å²) in [5.41, 5.74) is 2.10. The number of rotatable bonds is 4. The van der Waals surface area contributed by atoms with E-state index in [2.05, 4.69) is 26.2 Å². The molecule has 0 aliphatic rings. The number of anilines is 2. The zero-order valence-corrected chi connectivity index (χ0v) is 13.7. The van der Waals surface area contributed by atoms with Gasteiger partial charge in [-0.1, -0.05) is 22.0 Å². The predicted octanol–water partition coefficient (Wildman–Crippen LogP) is 4.66. The van der Waals surface area contributed by atoms with Crippen LogP contribution in [0.3, 0.4) is 0 Å². The Bertz CT molecular complexity index is 899. The molecule has 3 rings (SSSR count). The zero-order chi connectivity index (χ0) is 16.4. The third-order valence-electron chi connectivity index (χ3n) is 3.33. The van der Waals surface area contributed by atoms with Crippen molar-refractivity contribution in [3.05, 3.63) is 63.2 Å². The average molecular weight is 374 g/mol. The lowest BCUT2D eigenvalue weighted by Gasteiger charge is -2.11. The SMILES string of the molecule is COc1cc([N+](=O)[O-])cc2c(Nc3cccc(Br)c3)ccnc12. The molecule has 0 atom stereocenters. The number of pyridine rings is 1. The number of non-ortho nitro benzene ring substituents is 1. The normalized spacial score (nSPS) is 10.5. The maximum Gasteiger partial charge on any atom is 0.273 e. The predicted molar refractivity (Wildman–Crippen MR) is 92.4 cm³/mol. The van der Waals surface area contributed by atoms with E-state index in [0.29, 0.717) is 16.7 Å². The minimum absolute atomic E-state index is 0.0420. The Morgan fingerprint density at radius 1 is 1.26 bits per heavy atom. The Balaban J connectivity index is 2.16. The van der Waals surface area contributed by atoms with Crippen LogP contribution >= 0.6 is 15.9 Å². The molecule has 0 spiro atoms.